The molecule has 1 aromatic rings. The second-order valence-corrected chi connectivity index (χ2v) is 8.57. The molecule has 0 amide bonds. The first-order valence-corrected chi connectivity index (χ1v) is 11.2. The minimum atomic E-state index is -0.768. The molecule has 1 saturated heterocycles. The molecular formula is C24H36FNO5. The van der Waals surface area contributed by atoms with Gasteiger partial charge in [-0.3, -0.25) is 4.79 Å². The van der Waals surface area contributed by atoms with Crippen LogP contribution in [-0.4, -0.2) is 43.4 Å². The summed E-state index contributed by atoms with van der Waals surface area (Å²) >= 11 is 0. The van der Waals surface area contributed by atoms with Gasteiger partial charge in [-0.2, -0.15) is 0 Å². The lowest BCUT2D eigenvalue weighted by molar-refractivity contribution is -0.299. The van der Waals surface area contributed by atoms with Gasteiger partial charge in [0.05, 0.1) is 19.3 Å². The summed E-state index contributed by atoms with van der Waals surface area (Å²) in [7, 11) is 1.33. The lowest BCUT2D eigenvalue weighted by Crippen LogP contribution is -2.46. The number of ketones is 1. The normalized spacial score (nSPS) is 21.5. The van der Waals surface area contributed by atoms with Gasteiger partial charge in [0.2, 0.25) is 0 Å². The number of carbonyl (C=O) groups excluding carboxylic acids is 2. The van der Waals surface area contributed by atoms with Gasteiger partial charge in [0.1, 0.15) is 17.6 Å². The molecule has 7 heteroatoms. The van der Waals surface area contributed by atoms with E-state index >= 15 is 0 Å². The van der Waals surface area contributed by atoms with Gasteiger partial charge in [0, 0.05) is 19.3 Å². The molecule has 0 spiro atoms. The summed E-state index contributed by atoms with van der Waals surface area (Å²) in [5, 5.41) is 3.19. The van der Waals surface area contributed by atoms with Gasteiger partial charge >= 0.3 is 5.97 Å². The Balaban J connectivity index is 1.90. The molecule has 3 atom stereocenters. The summed E-state index contributed by atoms with van der Waals surface area (Å²) in [6, 6.07) is 5.09. The highest BCUT2D eigenvalue weighted by Crippen LogP contribution is 2.30. The number of carbonyl (C=O) groups is 2. The summed E-state index contributed by atoms with van der Waals surface area (Å²) in [6.45, 7) is 6.33. The molecule has 1 aliphatic heterocycles. The Bertz CT molecular complexity index is 706. The molecule has 0 aliphatic carbocycles. The van der Waals surface area contributed by atoms with Crippen molar-refractivity contribution in [1.29, 1.82) is 0 Å². The van der Waals surface area contributed by atoms with E-state index in [-0.39, 0.29) is 23.8 Å². The van der Waals surface area contributed by atoms with Crippen LogP contribution < -0.4 is 5.32 Å². The number of Topliss-reactive ketones (excluding diaryl/α,β-unsaturated/α-hetero) is 1. The summed E-state index contributed by atoms with van der Waals surface area (Å²) in [5.41, 5.74) is 0.636. The van der Waals surface area contributed by atoms with E-state index in [1.165, 1.54) is 19.2 Å². The van der Waals surface area contributed by atoms with Gasteiger partial charge < -0.3 is 19.5 Å². The van der Waals surface area contributed by atoms with Crippen molar-refractivity contribution in [3.05, 3.63) is 35.6 Å². The molecule has 0 aromatic heterocycles. The Labute approximate surface area is 184 Å². The van der Waals surface area contributed by atoms with Crippen molar-refractivity contribution in [2.45, 2.75) is 89.8 Å². The molecule has 1 aliphatic rings. The Hall–Kier alpha value is -1.83. The SMILES string of the molecule is CCCCCC(=O)C[C@H]1CC(CCNC(C(=O)OC)c2ccc(F)cc2)OC(C)(C)O1. The van der Waals surface area contributed by atoms with E-state index in [9.17, 15) is 14.0 Å². The van der Waals surface area contributed by atoms with Crippen molar-refractivity contribution in [3.8, 4) is 0 Å². The molecule has 31 heavy (non-hydrogen) atoms. The monoisotopic (exact) mass is 437 g/mol. The molecule has 0 bridgehead atoms. The van der Waals surface area contributed by atoms with Crippen LogP contribution in [0.5, 0.6) is 0 Å². The highest BCUT2D eigenvalue weighted by Gasteiger charge is 2.36. The summed E-state index contributed by atoms with van der Waals surface area (Å²) in [4.78, 5) is 24.5. The van der Waals surface area contributed by atoms with E-state index in [1.807, 2.05) is 13.8 Å². The molecule has 1 heterocycles. The first-order chi connectivity index (χ1) is 14.7. The van der Waals surface area contributed by atoms with Crippen LogP contribution in [0.3, 0.4) is 0 Å². The molecule has 0 saturated carbocycles. The van der Waals surface area contributed by atoms with Gasteiger partial charge in [0.15, 0.2) is 5.79 Å². The van der Waals surface area contributed by atoms with Crippen LogP contribution in [0.15, 0.2) is 24.3 Å². The quantitative estimate of drug-likeness (QED) is 0.384. The van der Waals surface area contributed by atoms with E-state index in [1.54, 1.807) is 12.1 Å². The summed E-state index contributed by atoms with van der Waals surface area (Å²) in [6.07, 6.45) is 5.08. The number of nitrogens with one attached hydrogen (secondary N) is 1. The molecule has 2 unspecified atom stereocenters. The van der Waals surface area contributed by atoms with E-state index in [2.05, 4.69) is 12.2 Å². The molecule has 1 fully saturated rings. The number of ether oxygens (including phenoxy) is 3. The number of halogens is 1. The number of hydrogen-bond acceptors (Lipinski definition) is 6. The maximum Gasteiger partial charge on any atom is 0.327 e. The molecular weight excluding hydrogens is 401 g/mol. The Kier molecular flexibility index (Phi) is 10.1. The topological polar surface area (TPSA) is 73.9 Å². The third-order valence-electron chi connectivity index (χ3n) is 5.40. The van der Waals surface area contributed by atoms with Crippen LogP contribution >= 0.6 is 0 Å². The summed E-state index contributed by atoms with van der Waals surface area (Å²) in [5.74, 6) is -1.33. The summed E-state index contributed by atoms with van der Waals surface area (Å²) < 4.78 is 30.1. The first kappa shape index (κ1) is 25.4. The van der Waals surface area contributed by atoms with Crippen molar-refractivity contribution in [1.82, 2.24) is 5.32 Å². The van der Waals surface area contributed by atoms with Gasteiger partial charge in [-0.1, -0.05) is 31.9 Å². The first-order valence-electron chi connectivity index (χ1n) is 11.2. The maximum absolute atomic E-state index is 13.2. The van der Waals surface area contributed by atoms with E-state index in [0.29, 0.717) is 37.8 Å². The standard InChI is InChI=1S/C24H36FNO5/c1-5-6-7-8-19(27)15-21-16-20(30-24(2,3)31-21)13-14-26-22(23(28)29-4)17-9-11-18(25)12-10-17/h9-12,20-22,26H,5-8,13-16H2,1-4H3/t20?,21-,22?/m0/s1. The van der Waals surface area contributed by atoms with Crippen LogP contribution in [0, 0.1) is 5.82 Å². The zero-order valence-electron chi connectivity index (χ0n) is 19.1. The van der Waals surface area contributed by atoms with Gasteiger partial charge in [-0.15, -0.1) is 0 Å². The van der Waals surface area contributed by atoms with Gasteiger partial charge in [-0.25, -0.2) is 9.18 Å². The van der Waals surface area contributed by atoms with E-state index in [0.717, 1.165) is 19.3 Å². The predicted molar refractivity (Wildman–Crippen MR) is 116 cm³/mol. The lowest BCUT2D eigenvalue weighted by Gasteiger charge is -2.41. The van der Waals surface area contributed by atoms with Crippen molar-refractivity contribution >= 4 is 11.8 Å². The van der Waals surface area contributed by atoms with Gasteiger partial charge in [-0.05, 0) is 50.9 Å². The lowest BCUT2D eigenvalue weighted by atomic mass is 9.99. The average Bonchev–Trinajstić information content (AvgIpc) is 2.70. The third-order valence-corrected chi connectivity index (χ3v) is 5.40. The van der Waals surface area contributed by atoms with Crippen molar-refractivity contribution in [2.24, 2.45) is 0 Å². The van der Waals surface area contributed by atoms with Crippen molar-refractivity contribution < 1.29 is 28.2 Å². The average molecular weight is 438 g/mol. The Morgan fingerprint density at radius 2 is 1.87 bits per heavy atom. The molecule has 0 radical (unpaired) electrons. The second-order valence-electron chi connectivity index (χ2n) is 8.57. The third kappa shape index (κ3) is 8.67. The fraction of sp³-hybridized carbons (Fsp3) is 0.667. The van der Waals surface area contributed by atoms with Crippen molar-refractivity contribution in [3.63, 3.8) is 0 Å². The largest absolute Gasteiger partial charge is 0.468 e. The molecule has 174 valence electrons. The number of methoxy groups -OCH3 is 1. The molecule has 1 N–H and O–H groups in total. The Morgan fingerprint density at radius 1 is 1.19 bits per heavy atom. The fourth-order valence-corrected chi connectivity index (χ4v) is 3.95. The van der Waals surface area contributed by atoms with E-state index < -0.39 is 17.8 Å². The van der Waals surface area contributed by atoms with Crippen LogP contribution in [0.1, 0.15) is 77.3 Å². The van der Waals surface area contributed by atoms with E-state index in [4.69, 9.17) is 14.2 Å². The van der Waals surface area contributed by atoms with Crippen LogP contribution in [0.25, 0.3) is 0 Å². The van der Waals surface area contributed by atoms with Crippen LogP contribution in [0.2, 0.25) is 0 Å². The number of unbranched alkanes of at least 4 members (excludes halogenated alkanes) is 2. The zero-order valence-corrected chi connectivity index (χ0v) is 19.1. The second kappa shape index (κ2) is 12.3. The minimum absolute atomic E-state index is 0.101. The number of rotatable bonds is 12. The Morgan fingerprint density at radius 3 is 2.52 bits per heavy atom. The number of hydrogen-bond donors (Lipinski definition) is 1. The maximum atomic E-state index is 13.2. The predicted octanol–water partition coefficient (Wildman–Crippen LogP) is 4.47. The highest BCUT2D eigenvalue weighted by atomic mass is 19.1. The smallest absolute Gasteiger partial charge is 0.327 e. The van der Waals surface area contributed by atoms with Crippen LogP contribution in [0.4, 0.5) is 4.39 Å². The molecule has 2 rings (SSSR count). The molecule has 6 nitrogen and oxygen atoms in total. The number of benzene rings is 1. The van der Waals surface area contributed by atoms with Crippen molar-refractivity contribution in [2.75, 3.05) is 13.7 Å². The zero-order chi connectivity index (χ0) is 22.9. The van der Waals surface area contributed by atoms with Gasteiger partial charge in [0.25, 0.3) is 0 Å². The minimum Gasteiger partial charge on any atom is -0.468 e. The molecule has 1 aromatic carbocycles. The highest BCUT2D eigenvalue weighted by molar-refractivity contribution is 5.79. The fourth-order valence-electron chi connectivity index (χ4n) is 3.95. The number of esters is 1. The van der Waals surface area contributed by atoms with Crippen LogP contribution in [-0.2, 0) is 23.8 Å².